The number of rotatable bonds is 13. The van der Waals surface area contributed by atoms with Crippen LogP contribution in [0.1, 0.15) is 121 Å². The van der Waals surface area contributed by atoms with Crippen molar-refractivity contribution in [2.45, 2.75) is 217 Å². The normalized spacial score (nSPS) is 52.8. The number of carboxylic acid groups (broad SMARTS) is 1. The summed E-state index contributed by atoms with van der Waals surface area (Å²) in [6, 6.07) is 0. The van der Waals surface area contributed by atoms with Gasteiger partial charge in [-0.3, -0.25) is 4.79 Å². The number of hydrogen-bond acceptors (Lipinski definition) is 12. The van der Waals surface area contributed by atoms with E-state index in [2.05, 4.69) is 48.5 Å². The van der Waals surface area contributed by atoms with Gasteiger partial charge in [-0.25, -0.2) is 0 Å². The van der Waals surface area contributed by atoms with Gasteiger partial charge in [-0.05, 0) is 65.7 Å². The van der Waals surface area contributed by atoms with Crippen LogP contribution in [0.3, 0.4) is 0 Å². The molecule has 0 saturated carbocycles. The fraction of sp³-hybridized carbons (Fsp3) is 0.977. The number of ether oxygens (including phenoxy) is 11. The van der Waals surface area contributed by atoms with Gasteiger partial charge in [0.25, 0.3) is 0 Å². The Morgan fingerprint density at radius 3 is 2.25 bits per heavy atom. The average Bonchev–Trinajstić information content (AvgIpc) is 3.97. The Morgan fingerprint density at radius 1 is 0.877 bits per heavy atom. The second kappa shape index (κ2) is 16.4. The molecular weight excluding hydrogens is 736 g/mol. The summed E-state index contributed by atoms with van der Waals surface area (Å²) in [5.74, 6) is -3.38. The molecule has 1 spiro atoms. The van der Waals surface area contributed by atoms with Crippen LogP contribution in [-0.4, -0.2) is 129 Å². The summed E-state index contributed by atoms with van der Waals surface area (Å²) in [6.07, 6.45) is 3.00. The summed E-state index contributed by atoms with van der Waals surface area (Å²) in [5.41, 5.74) is -1.00. The van der Waals surface area contributed by atoms with Crippen LogP contribution in [0.2, 0.25) is 0 Å². The molecule has 57 heavy (non-hydrogen) atoms. The molecule has 7 saturated heterocycles. The maximum atomic E-state index is 12.1. The van der Waals surface area contributed by atoms with E-state index in [0.29, 0.717) is 25.7 Å². The molecule has 22 atom stereocenters. The van der Waals surface area contributed by atoms with Crippen molar-refractivity contribution >= 4 is 5.97 Å². The number of methoxy groups -OCH3 is 3. The molecule has 328 valence electrons. The zero-order valence-corrected chi connectivity index (χ0v) is 36.9. The first-order valence-electron chi connectivity index (χ1n) is 22.1. The van der Waals surface area contributed by atoms with E-state index in [1.165, 1.54) is 0 Å². The van der Waals surface area contributed by atoms with E-state index in [-0.39, 0.29) is 90.1 Å². The summed E-state index contributed by atoms with van der Waals surface area (Å²) < 4.78 is 73.5. The van der Waals surface area contributed by atoms with Crippen molar-refractivity contribution in [1.82, 2.24) is 0 Å². The average molecular weight is 811 g/mol. The minimum Gasteiger partial charge on any atom is -0.481 e. The molecule has 7 heterocycles. The van der Waals surface area contributed by atoms with Gasteiger partial charge in [0.1, 0.15) is 12.2 Å². The van der Waals surface area contributed by atoms with Crippen molar-refractivity contribution in [2.75, 3.05) is 21.3 Å². The van der Waals surface area contributed by atoms with E-state index in [4.69, 9.17) is 52.1 Å². The van der Waals surface area contributed by atoms with E-state index in [1.807, 2.05) is 13.8 Å². The lowest BCUT2D eigenvalue weighted by molar-refractivity contribution is -0.348. The highest BCUT2D eigenvalue weighted by Gasteiger charge is 2.70. The van der Waals surface area contributed by atoms with Gasteiger partial charge in [-0.15, -0.1) is 0 Å². The predicted octanol–water partition coefficient (Wildman–Crippen LogP) is 6.51. The second-order valence-electron chi connectivity index (χ2n) is 19.5. The van der Waals surface area contributed by atoms with Gasteiger partial charge in [0.2, 0.25) is 0 Å². The van der Waals surface area contributed by atoms with E-state index in [9.17, 15) is 9.90 Å². The molecule has 0 radical (unpaired) electrons. The van der Waals surface area contributed by atoms with Crippen LogP contribution in [0.4, 0.5) is 0 Å². The summed E-state index contributed by atoms with van der Waals surface area (Å²) in [7, 11) is 5.04. The number of hydrogen-bond donors (Lipinski definition) is 1. The predicted molar refractivity (Wildman–Crippen MR) is 208 cm³/mol. The number of fused-ring (bicyclic) bond motifs is 2. The fourth-order valence-electron chi connectivity index (χ4n) is 12.8. The highest BCUT2D eigenvalue weighted by atomic mass is 16.8. The van der Waals surface area contributed by atoms with Crippen molar-refractivity contribution in [3.8, 4) is 0 Å². The molecule has 7 fully saturated rings. The minimum absolute atomic E-state index is 0.0209. The van der Waals surface area contributed by atoms with Crippen molar-refractivity contribution in [2.24, 2.45) is 35.5 Å². The van der Waals surface area contributed by atoms with Gasteiger partial charge in [-0.2, -0.15) is 0 Å². The SMILES string of the molecule is CCC1OC2(C3CC(C)C(C4(C)CC(OC5CCC(OC)C(C)O5)C(C5CCC6(O5)OC(C(C)C(OC)C(C)C(=O)O)C(C)C(OC)C6C)O4)O3)OC1(C)CC2C. The molecule has 0 aromatic heterocycles. The highest BCUT2D eigenvalue weighted by Crippen LogP contribution is 2.59. The number of carboxylic acids is 1. The topological polar surface area (TPSA) is 139 Å². The lowest BCUT2D eigenvalue weighted by atomic mass is 9.74. The summed E-state index contributed by atoms with van der Waals surface area (Å²) >= 11 is 0. The molecule has 1 N–H and O–H groups in total. The van der Waals surface area contributed by atoms with Crippen molar-refractivity contribution in [1.29, 1.82) is 0 Å². The Hall–Kier alpha value is -0.970. The Bertz CT molecular complexity index is 1420. The van der Waals surface area contributed by atoms with Crippen LogP contribution in [0, 0.1) is 35.5 Å². The molecule has 7 rings (SSSR count). The van der Waals surface area contributed by atoms with Crippen LogP contribution in [0.5, 0.6) is 0 Å². The van der Waals surface area contributed by atoms with E-state index in [1.54, 1.807) is 28.3 Å². The Balaban J connectivity index is 1.14. The quantitative estimate of drug-likeness (QED) is 0.217. The molecule has 0 aromatic carbocycles. The maximum Gasteiger partial charge on any atom is 0.308 e. The molecular formula is C44H74O13. The number of aliphatic carboxylic acids is 1. The fourth-order valence-corrected chi connectivity index (χ4v) is 12.8. The smallest absolute Gasteiger partial charge is 0.308 e. The third kappa shape index (κ3) is 7.46. The zero-order valence-electron chi connectivity index (χ0n) is 36.9. The van der Waals surface area contributed by atoms with Crippen molar-refractivity contribution < 1.29 is 62.0 Å². The van der Waals surface area contributed by atoms with Gasteiger partial charge in [0.15, 0.2) is 17.9 Å². The minimum atomic E-state index is -0.977. The van der Waals surface area contributed by atoms with Crippen LogP contribution < -0.4 is 0 Å². The van der Waals surface area contributed by atoms with Gasteiger partial charge in [0.05, 0.1) is 72.1 Å². The number of carbonyl (C=O) groups is 1. The Kier molecular flexibility index (Phi) is 12.7. The first kappa shape index (κ1) is 44.1. The van der Waals surface area contributed by atoms with Crippen LogP contribution in [0.25, 0.3) is 0 Å². The lowest BCUT2D eigenvalue weighted by Crippen LogP contribution is -2.61. The largest absolute Gasteiger partial charge is 0.481 e. The molecule has 22 unspecified atom stereocenters. The van der Waals surface area contributed by atoms with E-state index < -0.39 is 47.6 Å². The van der Waals surface area contributed by atoms with Crippen LogP contribution in [-0.2, 0) is 56.9 Å². The molecule has 0 amide bonds. The maximum absolute atomic E-state index is 12.1. The third-order valence-electron chi connectivity index (χ3n) is 15.7. The molecule has 0 aromatic rings. The van der Waals surface area contributed by atoms with Gasteiger partial charge in [0, 0.05) is 64.3 Å². The van der Waals surface area contributed by atoms with Gasteiger partial charge >= 0.3 is 5.97 Å². The Morgan fingerprint density at radius 2 is 1.61 bits per heavy atom. The highest BCUT2D eigenvalue weighted by molar-refractivity contribution is 5.70. The van der Waals surface area contributed by atoms with Crippen LogP contribution in [0.15, 0.2) is 0 Å². The first-order chi connectivity index (χ1) is 26.9. The zero-order chi connectivity index (χ0) is 41.4. The van der Waals surface area contributed by atoms with Gasteiger partial charge < -0.3 is 57.2 Å². The standard InChI is InChI=1S/C44H74O13/c1-14-32-41(9)20-23(3)44(54-32,57-41)33-19-22(2)39(52-33)42(10)21-31(51-34-16-15-29(47-11)28(8)50-34)38(55-42)30-17-18-43(53-30)27(7)37(49-13)25(5)36(56-43)24(4)35(48-12)26(6)40(45)46/h22-39H,14-21H2,1-13H3,(H,45,46). The molecule has 0 aliphatic carbocycles. The summed E-state index contributed by atoms with van der Waals surface area (Å²) in [6.45, 7) is 21.0. The first-order valence-corrected chi connectivity index (χ1v) is 22.1. The molecule has 2 bridgehead atoms. The monoisotopic (exact) mass is 811 g/mol. The second-order valence-corrected chi connectivity index (χ2v) is 19.5. The molecule has 7 aliphatic rings. The Labute approximate surface area is 341 Å². The third-order valence-corrected chi connectivity index (χ3v) is 15.7. The molecule has 13 heteroatoms. The lowest BCUT2D eigenvalue weighted by Gasteiger charge is -2.52. The molecule has 7 aliphatic heterocycles. The molecule has 13 nitrogen and oxygen atoms in total. The van der Waals surface area contributed by atoms with E-state index in [0.717, 1.165) is 25.7 Å². The van der Waals surface area contributed by atoms with E-state index >= 15 is 0 Å². The van der Waals surface area contributed by atoms with Crippen LogP contribution >= 0.6 is 0 Å². The summed E-state index contributed by atoms with van der Waals surface area (Å²) in [4.78, 5) is 12.1. The van der Waals surface area contributed by atoms with Crippen molar-refractivity contribution in [3.63, 3.8) is 0 Å². The van der Waals surface area contributed by atoms with Crippen molar-refractivity contribution in [3.05, 3.63) is 0 Å². The summed E-state index contributed by atoms with van der Waals surface area (Å²) in [5, 5.41) is 9.92. The van der Waals surface area contributed by atoms with Gasteiger partial charge in [-0.1, -0.05) is 41.5 Å².